The Morgan fingerprint density at radius 2 is 1.69 bits per heavy atom. The van der Waals surface area contributed by atoms with Crippen LogP contribution in [0.15, 0.2) is 96.3 Å². The second-order valence-corrected chi connectivity index (χ2v) is 19.1. The summed E-state index contributed by atoms with van der Waals surface area (Å²) in [6.45, 7) is 3.77. The number of nitrogens with one attached hydrogen (secondary N) is 2. The monoisotopic (exact) mass is 919 g/mol. The largest absolute Gasteiger partial charge is 0.491 e. The molecule has 0 bridgehead atoms. The highest BCUT2D eigenvalue weighted by atomic mass is 35.5. The Labute approximate surface area is 382 Å². The molecule has 3 aromatic heterocycles. The third-order valence-electron chi connectivity index (χ3n) is 11.8. The molecule has 1 aliphatic carbocycles. The van der Waals surface area contributed by atoms with Gasteiger partial charge >= 0.3 is 0 Å². The summed E-state index contributed by atoms with van der Waals surface area (Å²) < 4.78 is 51.4. The van der Waals surface area contributed by atoms with Crippen molar-refractivity contribution in [2.24, 2.45) is 7.05 Å². The SMILES string of the molecule is CCS(=O)(=O)Cc1ccc(Oc2cccc(OCCOC3CCN(c4ncc(C(=O)NC5CCC(Oc6ccc(C#N)c(Cl)c6)CC5)cn4)CC3)c2)c(-c2cn(C)c(=O)c3[nH]ccc23)c1. The normalized spacial score (nSPS) is 16.8. The van der Waals surface area contributed by atoms with E-state index >= 15 is 0 Å². The molecule has 1 saturated carbocycles. The standard InChI is InChI=1S/C48H50ClN7O8S/c1-3-65(59,60)30-31-7-14-44(41(23-31)42-29-55(2)47(58)45-40(42)15-18-51-45)64-38-6-4-5-37(24-38)62-22-21-61-35-16-19-56(20-17-35)48-52-27-33(28-53-48)46(57)54-34-9-12-36(13-10-34)63-39-11-8-32(26-50)43(49)25-39/h4-8,11,14-15,18,23-25,27-29,34-36,51H,3,9-10,12-13,16-17,19-22,30H2,1-2H3,(H,54,57). The highest BCUT2D eigenvalue weighted by Gasteiger charge is 2.26. The number of anilines is 1. The number of carbonyl (C=O) groups is 1. The molecule has 0 spiro atoms. The molecule has 0 unspecified atom stereocenters. The summed E-state index contributed by atoms with van der Waals surface area (Å²) in [4.78, 5) is 40.0. The number of aryl methyl sites for hydroxylation is 1. The number of halogens is 1. The van der Waals surface area contributed by atoms with Crippen LogP contribution in [0, 0.1) is 11.3 Å². The maximum atomic E-state index is 13.0. The first-order chi connectivity index (χ1) is 31.4. The van der Waals surface area contributed by atoms with Crippen molar-refractivity contribution in [3.63, 3.8) is 0 Å². The highest BCUT2D eigenvalue weighted by molar-refractivity contribution is 7.90. The molecular formula is C48H50ClN7O8S. The molecule has 1 aliphatic heterocycles. The molecule has 15 nitrogen and oxygen atoms in total. The Morgan fingerprint density at radius 3 is 2.43 bits per heavy atom. The van der Waals surface area contributed by atoms with Crippen LogP contribution in [0.25, 0.3) is 22.0 Å². The summed E-state index contributed by atoms with van der Waals surface area (Å²) in [7, 11) is -1.62. The predicted molar refractivity (Wildman–Crippen MR) is 248 cm³/mol. The smallest absolute Gasteiger partial charge is 0.274 e. The molecule has 0 atom stereocenters. The minimum Gasteiger partial charge on any atom is -0.491 e. The summed E-state index contributed by atoms with van der Waals surface area (Å²) in [5.41, 5.74) is 3.08. The number of nitriles is 1. The van der Waals surface area contributed by atoms with Crippen LogP contribution in [-0.2, 0) is 27.4 Å². The summed E-state index contributed by atoms with van der Waals surface area (Å²) in [6.07, 6.45) is 11.4. The van der Waals surface area contributed by atoms with Gasteiger partial charge in [-0.25, -0.2) is 18.4 Å². The lowest BCUT2D eigenvalue weighted by Crippen LogP contribution is -2.40. The number of ether oxygens (including phenoxy) is 4. The van der Waals surface area contributed by atoms with Crippen molar-refractivity contribution < 1.29 is 32.2 Å². The molecule has 338 valence electrons. The number of piperidine rings is 1. The van der Waals surface area contributed by atoms with Gasteiger partial charge in [0, 0.05) is 85.4 Å². The van der Waals surface area contributed by atoms with Gasteiger partial charge in [-0.3, -0.25) is 9.59 Å². The number of pyridine rings is 1. The van der Waals surface area contributed by atoms with Gasteiger partial charge in [0.1, 0.15) is 41.2 Å². The van der Waals surface area contributed by atoms with E-state index in [4.69, 9.17) is 35.8 Å². The highest BCUT2D eigenvalue weighted by Crippen LogP contribution is 2.38. The van der Waals surface area contributed by atoms with E-state index in [2.05, 4.69) is 31.2 Å². The lowest BCUT2D eigenvalue weighted by Gasteiger charge is -2.32. The summed E-state index contributed by atoms with van der Waals surface area (Å²) in [6, 6.07) is 21.6. The van der Waals surface area contributed by atoms with Crippen LogP contribution in [-0.4, -0.2) is 84.1 Å². The van der Waals surface area contributed by atoms with Crippen LogP contribution >= 0.6 is 11.6 Å². The molecule has 65 heavy (non-hydrogen) atoms. The number of hydrogen-bond donors (Lipinski definition) is 2. The number of benzene rings is 3. The lowest BCUT2D eigenvalue weighted by molar-refractivity contribution is 0.0201. The van der Waals surface area contributed by atoms with Gasteiger partial charge in [0.25, 0.3) is 11.5 Å². The van der Waals surface area contributed by atoms with Crippen molar-refractivity contribution in [3.8, 4) is 40.2 Å². The second kappa shape index (κ2) is 20.2. The van der Waals surface area contributed by atoms with E-state index in [0.29, 0.717) is 93.4 Å². The molecule has 2 N–H and O–H groups in total. The zero-order valence-electron chi connectivity index (χ0n) is 36.2. The van der Waals surface area contributed by atoms with Gasteiger partial charge in [0.05, 0.1) is 40.7 Å². The number of amides is 1. The van der Waals surface area contributed by atoms with Crippen molar-refractivity contribution in [3.05, 3.63) is 124 Å². The van der Waals surface area contributed by atoms with Crippen LogP contribution in [0.2, 0.25) is 5.02 Å². The van der Waals surface area contributed by atoms with E-state index in [1.165, 1.54) is 4.57 Å². The molecular weight excluding hydrogens is 870 g/mol. The van der Waals surface area contributed by atoms with E-state index in [1.807, 2.05) is 30.3 Å². The molecule has 0 radical (unpaired) electrons. The van der Waals surface area contributed by atoms with Gasteiger partial charge < -0.3 is 38.7 Å². The maximum absolute atomic E-state index is 13.0. The number of rotatable bonds is 16. The van der Waals surface area contributed by atoms with Gasteiger partial charge in [-0.05, 0) is 86.6 Å². The van der Waals surface area contributed by atoms with Gasteiger partial charge in [-0.15, -0.1) is 0 Å². The fourth-order valence-corrected chi connectivity index (χ4v) is 9.31. The Hall–Kier alpha value is -6.41. The molecule has 17 heteroatoms. The van der Waals surface area contributed by atoms with Crippen molar-refractivity contribution in [2.45, 2.75) is 69.5 Å². The quantitative estimate of drug-likeness (QED) is 0.0899. The Balaban J connectivity index is 0.787. The van der Waals surface area contributed by atoms with E-state index in [1.54, 1.807) is 75.2 Å². The van der Waals surface area contributed by atoms with Crippen LogP contribution in [0.3, 0.4) is 0 Å². The molecule has 1 saturated heterocycles. The number of aromatic amines is 1. The Morgan fingerprint density at radius 1 is 0.923 bits per heavy atom. The topological polar surface area (TPSA) is 191 Å². The zero-order valence-corrected chi connectivity index (χ0v) is 37.7. The van der Waals surface area contributed by atoms with Gasteiger partial charge in [0.2, 0.25) is 5.95 Å². The Bertz CT molecular complexity index is 2860. The van der Waals surface area contributed by atoms with E-state index < -0.39 is 9.84 Å². The molecule has 2 fully saturated rings. The first kappa shape index (κ1) is 45.2. The predicted octanol–water partition coefficient (Wildman–Crippen LogP) is 7.76. The van der Waals surface area contributed by atoms with Gasteiger partial charge in [-0.1, -0.05) is 30.7 Å². The first-order valence-electron chi connectivity index (χ1n) is 21.7. The summed E-state index contributed by atoms with van der Waals surface area (Å²) >= 11 is 6.15. The fourth-order valence-electron chi connectivity index (χ4n) is 8.21. The zero-order chi connectivity index (χ0) is 45.5. The van der Waals surface area contributed by atoms with E-state index in [9.17, 15) is 18.0 Å². The third-order valence-corrected chi connectivity index (χ3v) is 13.8. The second-order valence-electron chi connectivity index (χ2n) is 16.3. The van der Waals surface area contributed by atoms with E-state index in [-0.39, 0.29) is 41.2 Å². The summed E-state index contributed by atoms with van der Waals surface area (Å²) in [5.74, 6) is 2.53. The van der Waals surface area contributed by atoms with Crippen LogP contribution in [0.5, 0.6) is 23.0 Å². The average Bonchev–Trinajstić information content (AvgIpc) is 3.81. The number of hydrogen-bond acceptors (Lipinski definition) is 12. The molecule has 6 aromatic rings. The maximum Gasteiger partial charge on any atom is 0.274 e. The van der Waals surface area contributed by atoms with Gasteiger partial charge in [-0.2, -0.15) is 5.26 Å². The van der Waals surface area contributed by atoms with Crippen LogP contribution in [0.1, 0.15) is 66.9 Å². The first-order valence-corrected chi connectivity index (χ1v) is 23.9. The lowest BCUT2D eigenvalue weighted by atomic mass is 9.92. The number of sulfone groups is 1. The number of nitrogens with zero attached hydrogens (tertiary/aromatic N) is 5. The van der Waals surface area contributed by atoms with Gasteiger partial charge in [0.15, 0.2) is 9.84 Å². The number of H-pyrrole nitrogens is 1. The van der Waals surface area contributed by atoms with Crippen molar-refractivity contribution in [2.75, 3.05) is 37.0 Å². The van der Waals surface area contributed by atoms with Crippen molar-refractivity contribution in [1.29, 1.82) is 5.26 Å². The van der Waals surface area contributed by atoms with Crippen molar-refractivity contribution in [1.82, 2.24) is 24.8 Å². The number of aromatic nitrogens is 4. The Kier molecular flexibility index (Phi) is 14.0. The van der Waals surface area contributed by atoms with Crippen LogP contribution < -0.4 is 30.0 Å². The molecule has 1 amide bonds. The number of carbonyl (C=O) groups excluding carboxylic acids is 1. The molecule has 4 heterocycles. The minimum absolute atomic E-state index is 0.0106. The fraction of sp³-hybridized carbons (Fsp3) is 0.354. The summed E-state index contributed by atoms with van der Waals surface area (Å²) in [5, 5.41) is 13.3. The van der Waals surface area contributed by atoms with Crippen LogP contribution in [0.4, 0.5) is 5.95 Å². The third kappa shape index (κ3) is 11.1. The molecule has 2 aliphatic rings. The van der Waals surface area contributed by atoms with Crippen molar-refractivity contribution >= 4 is 44.2 Å². The minimum atomic E-state index is -3.30. The average molecular weight is 920 g/mol. The molecule has 8 rings (SSSR count). The number of fused-ring (bicyclic) bond motifs is 1. The van der Waals surface area contributed by atoms with E-state index in [0.717, 1.165) is 44.1 Å². The molecule has 3 aromatic carbocycles.